The zero-order valence-corrected chi connectivity index (χ0v) is 61.9. The maximum absolute atomic E-state index is 10.2. The molecular weight excluding hydrogens is 2120 g/mol. The van der Waals surface area contributed by atoms with E-state index in [1.165, 1.54) is 184 Å². The first-order valence-electron chi connectivity index (χ1n) is 20.1. The SMILES string of the molecule is C1CCC1.C1CCC1.COCN.COCN.COCN[C-]=O.COCN[C-]=O.COCO[C-]=O.II.I[I-]I.O=[C-]Oc1ccc([N+](=O)[O-])cc1.O=[C-]Oc1ccc([N+](=O)[O-])cc1.O=[C-]Oc1ccc([N+](=O)[O-])cc1.[W+2].[W+2].[W+2]. The van der Waals surface area contributed by atoms with Gasteiger partial charge in [0.1, 0.15) is 0 Å². The number of ether oxygens (including phenoxy) is 9. The molecule has 0 spiro atoms. The molecule has 2 aliphatic rings. The molecule has 2 saturated carbocycles. The largest absolute Gasteiger partial charge is 2.00 e. The molecule has 2 amide bonds. The van der Waals surface area contributed by atoms with Crippen LogP contribution in [0, 0.1) is 30.3 Å². The average Bonchev–Trinajstić information content (AvgIpc) is 3.38. The molecule has 3 aromatic carbocycles. The minimum absolute atomic E-state index is 0. The number of carbonyl (C=O) groups excluding carboxylic acids is 6. The minimum Gasteiger partial charge on any atom is -0.610 e. The Morgan fingerprint density at radius 2 is 0.692 bits per heavy atom. The van der Waals surface area contributed by atoms with Crippen LogP contribution in [0.3, 0.4) is 0 Å². The second-order valence-corrected chi connectivity index (χ2v) is 27.9. The van der Waals surface area contributed by atoms with Crippen molar-refractivity contribution in [1.29, 1.82) is 0 Å². The molecule has 2 fully saturated rings. The third-order valence-electron chi connectivity index (χ3n) is 6.77. The Kier molecular flexibility index (Phi) is 112. The molecule has 28 nitrogen and oxygen atoms in total. The van der Waals surface area contributed by atoms with Gasteiger partial charge in [-0.05, 0) is 17.2 Å². The van der Waals surface area contributed by atoms with Gasteiger partial charge in [-0.2, -0.15) is 12.8 Å². The van der Waals surface area contributed by atoms with Crippen LogP contribution in [0.4, 0.5) is 17.1 Å². The first kappa shape index (κ1) is 98.2. The van der Waals surface area contributed by atoms with Crippen molar-refractivity contribution in [1.82, 2.24) is 10.6 Å². The van der Waals surface area contributed by atoms with Gasteiger partial charge in [0.05, 0.1) is 41.7 Å². The summed E-state index contributed by atoms with van der Waals surface area (Å²) in [5.41, 5.74) is 9.47. The van der Waals surface area contributed by atoms with Crippen molar-refractivity contribution in [3.8, 4) is 17.2 Å². The first-order valence-corrected chi connectivity index (χ1v) is 39.0. The summed E-state index contributed by atoms with van der Waals surface area (Å²) in [6.07, 6.45) is 14.9. The van der Waals surface area contributed by atoms with E-state index in [1.54, 1.807) is 14.2 Å². The molecule has 0 atom stereocenters. The molecule has 3 aromatic rings. The Morgan fingerprint density at radius 3 is 0.782 bits per heavy atom. The number of nitrogens with one attached hydrogen (secondary N) is 2. The number of nitro benzene ring substituents is 3. The van der Waals surface area contributed by atoms with E-state index in [2.05, 4.69) is 128 Å². The Bertz CT molecular complexity index is 1560. The first-order chi connectivity index (χ1) is 36.2. The molecule has 0 bridgehead atoms. The summed E-state index contributed by atoms with van der Waals surface area (Å²) in [7, 11) is 7.52. The van der Waals surface area contributed by atoms with Crippen molar-refractivity contribution in [2.24, 2.45) is 11.5 Å². The molecular formula is C42H59I5N7O21W3-. The molecule has 0 aromatic heterocycles. The van der Waals surface area contributed by atoms with E-state index in [4.69, 9.17) is 16.3 Å². The van der Waals surface area contributed by atoms with E-state index in [9.17, 15) is 54.3 Å². The number of halogens is 5. The molecule has 0 saturated heterocycles. The summed E-state index contributed by atoms with van der Waals surface area (Å²) in [5, 5.41) is 34.8. The third kappa shape index (κ3) is 85.4. The van der Waals surface area contributed by atoms with E-state index in [0.29, 0.717) is 26.7 Å². The normalized spacial score (nSPS) is 9.47. The van der Waals surface area contributed by atoms with Gasteiger partial charge < -0.3 is 93.5 Å². The second-order valence-electron chi connectivity index (χ2n) is 11.7. The van der Waals surface area contributed by atoms with Crippen molar-refractivity contribution < 1.29 is 163 Å². The summed E-state index contributed by atoms with van der Waals surface area (Å²) in [6.45, 7) is 5.94. The number of non-ortho nitro benzene ring substituents is 3. The summed E-state index contributed by atoms with van der Waals surface area (Å²) < 4.78 is 38.6. The minimum atomic E-state index is -0.533. The number of hydrogen-bond donors (Lipinski definition) is 4. The van der Waals surface area contributed by atoms with Gasteiger partial charge in [-0.3, -0.25) is 30.3 Å². The number of nitrogens with two attached hydrogens (primary N) is 2. The van der Waals surface area contributed by atoms with E-state index in [-0.39, 0.29) is 118 Å². The maximum Gasteiger partial charge on any atom is 2.00 e. The van der Waals surface area contributed by atoms with Gasteiger partial charge in [-0.15, -0.1) is 0 Å². The van der Waals surface area contributed by atoms with E-state index in [0.717, 1.165) is 0 Å². The summed E-state index contributed by atoms with van der Waals surface area (Å²) >= 11 is 9.54. The quantitative estimate of drug-likeness (QED) is 0.0236. The Hall–Kier alpha value is -1.89. The summed E-state index contributed by atoms with van der Waals surface area (Å²) in [5.74, 6) is 0.696. The second kappa shape index (κ2) is 88.9. The van der Waals surface area contributed by atoms with Gasteiger partial charge in [0.2, 0.25) is 0 Å². The molecule has 442 valence electrons. The monoisotopic (exact) mass is 2180 g/mol. The van der Waals surface area contributed by atoms with Crippen LogP contribution in [-0.4, -0.2) is 123 Å². The van der Waals surface area contributed by atoms with Crippen molar-refractivity contribution in [3.05, 3.63) is 103 Å². The predicted molar refractivity (Wildman–Crippen MR) is 303 cm³/mol. The number of amides is 2. The Morgan fingerprint density at radius 1 is 0.474 bits per heavy atom. The fraction of sp³-hybridized carbons (Fsp3) is 0.429. The van der Waals surface area contributed by atoms with Gasteiger partial charge in [0, 0.05) is 109 Å². The van der Waals surface area contributed by atoms with Crippen LogP contribution in [0.2, 0.25) is 0 Å². The molecule has 0 radical (unpaired) electrons. The molecule has 0 unspecified atom stereocenters. The number of benzene rings is 3. The van der Waals surface area contributed by atoms with Crippen LogP contribution in [0.15, 0.2) is 72.8 Å². The van der Waals surface area contributed by atoms with Gasteiger partial charge in [0.15, 0.2) is 26.2 Å². The standard InChI is InChI=1S/3C7H4NO4.2C4H8.2C3H6NO2.C3H5O3.2C2H7NO.I3.I2.3W/c3*9-5-12-7-3-1-6(2-4-7)8(10)11;2*1-2-4-3-1;2*1-6-3-4-2-5;1-5-3-6-2-4;2*1-4-2-3;1-3-2;1-2;;;/h3*1-4H;2*1-4H2;2*3H2,1H3,(H,4,5);3H2,1H3;2*2-3H2,1H3;;;;;/q3*-1;;;3*-1;;;-1;;3*+2. The molecule has 78 heavy (non-hydrogen) atoms. The number of methoxy groups -OCH3 is 5. The van der Waals surface area contributed by atoms with Crippen LogP contribution >= 0.6 is 74.5 Å². The van der Waals surface area contributed by atoms with Crippen molar-refractivity contribution in [3.63, 3.8) is 0 Å². The average molecular weight is 2180 g/mol. The molecule has 5 rings (SSSR count). The third-order valence-corrected chi connectivity index (χ3v) is 6.77. The molecule has 2 aliphatic carbocycles. The topological polar surface area (TPSA) is 391 Å². The molecule has 6 N–H and O–H groups in total. The number of nitro groups is 3. The molecule has 0 aliphatic heterocycles. The van der Waals surface area contributed by atoms with E-state index >= 15 is 0 Å². The fourth-order valence-corrected chi connectivity index (χ4v) is 2.84. The van der Waals surface area contributed by atoms with Crippen LogP contribution in [-0.2, 0) is 120 Å². The smallest absolute Gasteiger partial charge is 0.610 e. The van der Waals surface area contributed by atoms with Crippen LogP contribution in [0.1, 0.15) is 51.4 Å². The predicted octanol–water partition coefficient (Wildman–Crippen LogP) is 4.05. The van der Waals surface area contributed by atoms with Gasteiger partial charge in [0.25, 0.3) is 17.1 Å². The maximum atomic E-state index is 10.2. The number of rotatable bonds is 20. The van der Waals surface area contributed by atoms with Crippen LogP contribution in [0.25, 0.3) is 0 Å². The van der Waals surface area contributed by atoms with Crippen LogP contribution < -0.4 is 49.6 Å². The van der Waals surface area contributed by atoms with E-state index < -0.39 is 14.8 Å². The van der Waals surface area contributed by atoms with Gasteiger partial charge >= 0.3 is 114 Å². The number of hydrogen-bond acceptors (Lipinski definition) is 23. The van der Waals surface area contributed by atoms with Gasteiger partial charge in [-0.1, -0.05) is 94.2 Å². The molecule has 36 heteroatoms. The summed E-state index contributed by atoms with van der Waals surface area (Å²) in [6, 6.07) is 15.4. The molecule has 0 heterocycles. The zero-order chi connectivity index (χ0) is 58.6. The summed E-state index contributed by atoms with van der Waals surface area (Å²) in [4.78, 5) is 85.6. The zero-order valence-electron chi connectivity index (χ0n) is 42.3. The number of nitrogens with zero attached hydrogens (tertiary/aromatic N) is 3. The fourth-order valence-electron chi connectivity index (χ4n) is 2.84. The van der Waals surface area contributed by atoms with Crippen molar-refractivity contribution in [2.75, 3.05) is 69.3 Å². The van der Waals surface area contributed by atoms with E-state index in [1.807, 2.05) is 0 Å². The Labute approximate surface area is 549 Å². The van der Waals surface area contributed by atoms with Crippen molar-refractivity contribution in [2.45, 2.75) is 51.4 Å². The van der Waals surface area contributed by atoms with Crippen molar-refractivity contribution >= 4 is 130 Å². The van der Waals surface area contributed by atoms with Gasteiger partial charge in [-0.25, -0.2) is 0 Å². The Balaban J connectivity index is -0.0000000835. The van der Waals surface area contributed by atoms with Crippen LogP contribution in [0.5, 0.6) is 17.2 Å².